The summed E-state index contributed by atoms with van der Waals surface area (Å²) in [7, 11) is 3.15. The molecule has 0 spiro atoms. The van der Waals surface area contributed by atoms with Crippen molar-refractivity contribution in [2.75, 3.05) is 32.6 Å². The summed E-state index contributed by atoms with van der Waals surface area (Å²) >= 11 is 6.36. The third kappa shape index (κ3) is 4.91. The van der Waals surface area contributed by atoms with Crippen molar-refractivity contribution in [3.05, 3.63) is 21.1 Å². The Bertz CT molecular complexity index is 858. The molecule has 0 radical (unpaired) electrons. The maximum absolute atomic E-state index is 12.5. The summed E-state index contributed by atoms with van der Waals surface area (Å²) in [6.07, 6.45) is 2.09. The normalized spacial score (nSPS) is 27.3. The second-order valence-electron chi connectivity index (χ2n) is 9.78. The Balaban J connectivity index is 1.68. The van der Waals surface area contributed by atoms with Crippen LogP contribution in [0.25, 0.3) is 0 Å². The number of likely N-dealkylation sites (N-methyl/N-ethyl adjacent to an activating group) is 1. The van der Waals surface area contributed by atoms with Crippen LogP contribution in [0.1, 0.15) is 45.7 Å². The predicted octanol–water partition coefficient (Wildman–Crippen LogP) is 2.30. The lowest BCUT2D eigenvalue weighted by Gasteiger charge is -2.62. The minimum atomic E-state index is -0.736. The van der Waals surface area contributed by atoms with E-state index in [1.165, 1.54) is 18.4 Å². The van der Waals surface area contributed by atoms with Crippen molar-refractivity contribution in [3.8, 4) is 0 Å². The van der Waals surface area contributed by atoms with Gasteiger partial charge < -0.3 is 20.1 Å². The number of aliphatic hydroxyl groups is 1. The molecule has 0 saturated heterocycles. The zero-order chi connectivity index (χ0) is 22.9. The number of carbonyl (C=O) groups is 1. The summed E-state index contributed by atoms with van der Waals surface area (Å²) in [5.74, 6) is 1.64. The molecule has 9 heteroatoms. The molecule has 1 aromatic heterocycles. The van der Waals surface area contributed by atoms with Crippen LogP contribution in [0.2, 0.25) is 5.02 Å². The van der Waals surface area contributed by atoms with Crippen LogP contribution in [0.3, 0.4) is 0 Å². The van der Waals surface area contributed by atoms with Gasteiger partial charge >= 0.3 is 0 Å². The number of hydrogen-bond acceptors (Lipinski definition) is 6. The van der Waals surface area contributed by atoms with E-state index in [0.717, 1.165) is 6.42 Å². The quantitative estimate of drug-likeness (QED) is 0.528. The second kappa shape index (κ2) is 9.46. The summed E-state index contributed by atoms with van der Waals surface area (Å²) in [5.41, 5.74) is 1.04. The highest BCUT2D eigenvalue weighted by atomic mass is 35.5. The average Bonchev–Trinajstić information content (AvgIpc) is 2.71. The fourth-order valence-electron chi connectivity index (χ4n) is 5.40. The van der Waals surface area contributed by atoms with Gasteiger partial charge in [0.15, 0.2) is 0 Å². The van der Waals surface area contributed by atoms with E-state index >= 15 is 0 Å². The summed E-state index contributed by atoms with van der Waals surface area (Å²) < 4.78 is 4.90. The molecule has 0 aromatic carbocycles. The summed E-state index contributed by atoms with van der Waals surface area (Å²) in [4.78, 5) is 26.1. The number of ether oxygens (including phenoxy) is 1. The Labute approximate surface area is 188 Å². The van der Waals surface area contributed by atoms with Crippen molar-refractivity contribution in [2.24, 2.45) is 23.2 Å². The minimum Gasteiger partial charge on any atom is -0.389 e. The molecule has 3 saturated carbocycles. The van der Waals surface area contributed by atoms with Gasteiger partial charge in [0.1, 0.15) is 5.02 Å². The molecular formula is C22H35ClN4O4. The van der Waals surface area contributed by atoms with Gasteiger partial charge in [0.25, 0.3) is 5.56 Å². The number of aliphatic hydroxyl groups excluding tert-OH is 1. The first-order valence-electron chi connectivity index (χ1n) is 11.0. The van der Waals surface area contributed by atoms with E-state index < -0.39 is 11.7 Å². The number of anilines is 1. The third-order valence-corrected chi connectivity index (χ3v) is 7.89. The molecule has 31 heavy (non-hydrogen) atoms. The molecule has 5 atom stereocenters. The summed E-state index contributed by atoms with van der Waals surface area (Å²) in [6.45, 7) is 7.31. The Morgan fingerprint density at radius 3 is 2.77 bits per heavy atom. The molecule has 1 aromatic rings. The maximum Gasteiger partial charge on any atom is 0.285 e. The van der Waals surface area contributed by atoms with Gasteiger partial charge in [-0.2, -0.15) is 5.10 Å². The van der Waals surface area contributed by atoms with Crippen molar-refractivity contribution in [2.45, 2.75) is 58.6 Å². The van der Waals surface area contributed by atoms with E-state index in [1.807, 2.05) is 0 Å². The molecule has 1 amide bonds. The van der Waals surface area contributed by atoms with Crippen LogP contribution in [0, 0.1) is 23.2 Å². The molecule has 0 unspecified atom stereocenters. The highest BCUT2D eigenvalue weighted by molar-refractivity contribution is 6.33. The fourth-order valence-corrected chi connectivity index (χ4v) is 5.60. The third-order valence-electron chi connectivity index (χ3n) is 7.53. The number of hydrogen-bond donors (Lipinski definition) is 3. The van der Waals surface area contributed by atoms with Gasteiger partial charge in [-0.3, -0.25) is 9.59 Å². The molecule has 1 heterocycles. The van der Waals surface area contributed by atoms with Crippen LogP contribution in [-0.2, 0) is 16.0 Å². The number of carbonyl (C=O) groups excluding carboxylic acids is 1. The van der Waals surface area contributed by atoms with Gasteiger partial charge in [-0.15, -0.1) is 0 Å². The van der Waals surface area contributed by atoms with Crippen molar-refractivity contribution in [1.29, 1.82) is 0 Å². The fraction of sp³-hybridized carbons (Fsp3) is 0.773. The molecule has 4 rings (SSSR count). The Kier molecular flexibility index (Phi) is 7.33. The number of rotatable bonds is 9. The first-order valence-corrected chi connectivity index (χ1v) is 11.4. The number of amides is 1. The molecule has 2 bridgehead atoms. The smallest absolute Gasteiger partial charge is 0.285 e. The van der Waals surface area contributed by atoms with Crippen molar-refractivity contribution in [3.63, 3.8) is 0 Å². The van der Waals surface area contributed by atoms with Gasteiger partial charge in [0.05, 0.1) is 24.1 Å². The van der Waals surface area contributed by atoms with E-state index in [9.17, 15) is 14.7 Å². The minimum absolute atomic E-state index is 0.0898. The molecule has 0 aliphatic heterocycles. The number of H-pyrrole nitrogens is 1. The standard InChI is InChI=1S/C22H35ClN4O4/c1-12-15-8-13(22(15,2)3)9-17(12)24-20-16(25-26-21(30)19(20)23)6-7-18(29)27(4)10-14(28)11-31-5/h12-15,17,28H,6-11H2,1-5H3,(H2,24,26,30)/t12-,13+,14+,15-,17-/m1/s1. The Morgan fingerprint density at radius 1 is 1.45 bits per heavy atom. The molecule has 174 valence electrons. The van der Waals surface area contributed by atoms with Crippen LogP contribution in [0.5, 0.6) is 0 Å². The number of fused-ring (bicyclic) bond motifs is 2. The zero-order valence-electron chi connectivity index (χ0n) is 19.1. The molecule has 3 N–H and O–H groups in total. The van der Waals surface area contributed by atoms with E-state index in [4.69, 9.17) is 16.3 Å². The highest BCUT2D eigenvalue weighted by Gasteiger charge is 2.56. The number of aromatic amines is 1. The Morgan fingerprint density at radius 2 is 2.16 bits per heavy atom. The van der Waals surface area contributed by atoms with Gasteiger partial charge in [0, 0.05) is 39.6 Å². The second-order valence-corrected chi connectivity index (χ2v) is 10.2. The number of aryl methyl sites for hydroxylation is 1. The topological polar surface area (TPSA) is 108 Å². The number of nitrogens with zero attached hydrogens (tertiary/aromatic N) is 2. The molecule has 3 fully saturated rings. The first kappa shape index (κ1) is 24.0. The van der Waals surface area contributed by atoms with Crippen LogP contribution in [0.4, 0.5) is 5.69 Å². The van der Waals surface area contributed by atoms with Crippen LogP contribution < -0.4 is 10.9 Å². The number of nitrogens with one attached hydrogen (secondary N) is 2. The van der Waals surface area contributed by atoms with Crippen molar-refractivity contribution in [1.82, 2.24) is 15.1 Å². The SMILES string of the molecule is COC[C@@H](O)CN(C)C(=O)CCc1n[nH]c(=O)c(Cl)c1N[C@@H]1C[C@@H]2C[C@H]([C@H]1C)C2(C)C. The first-order chi connectivity index (χ1) is 14.6. The van der Waals surface area contributed by atoms with E-state index in [-0.39, 0.29) is 36.5 Å². The van der Waals surface area contributed by atoms with Crippen LogP contribution >= 0.6 is 11.6 Å². The molecule has 8 nitrogen and oxygen atoms in total. The van der Waals surface area contributed by atoms with Crippen molar-refractivity contribution < 1.29 is 14.6 Å². The average molecular weight is 455 g/mol. The Hall–Kier alpha value is -1.64. The zero-order valence-corrected chi connectivity index (χ0v) is 19.8. The van der Waals surface area contributed by atoms with Gasteiger partial charge in [-0.1, -0.05) is 32.4 Å². The lowest BCUT2D eigenvalue weighted by atomic mass is 9.45. The van der Waals surface area contributed by atoms with E-state index in [2.05, 4.69) is 36.3 Å². The highest BCUT2D eigenvalue weighted by Crippen LogP contribution is 2.61. The summed E-state index contributed by atoms with van der Waals surface area (Å²) in [5, 5.41) is 20.1. The predicted molar refractivity (Wildman–Crippen MR) is 120 cm³/mol. The van der Waals surface area contributed by atoms with Gasteiger partial charge in [-0.25, -0.2) is 5.10 Å². The monoisotopic (exact) mass is 454 g/mol. The van der Waals surface area contributed by atoms with Crippen LogP contribution in [-0.4, -0.2) is 65.6 Å². The largest absolute Gasteiger partial charge is 0.389 e. The lowest BCUT2D eigenvalue weighted by molar-refractivity contribution is -0.131. The maximum atomic E-state index is 12.5. The molecule has 3 aliphatic rings. The summed E-state index contributed by atoms with van der Waals surface area (Å²) in [6, 6.07) is 0.221. The van der Waals surface area contributed by atoms with Gasteiger partial charge in [0.2, 0.25) is 5.91 Å². The van der Waals surface area contributed by atoms with Crippen LogP contribution in [0.15, 0.2) is 4.79 Å². The van der Waals surface area contributed by atoms with Gasteiger partial charge in [-0.05, 0) is 36.0 Å². The molecule has 3 aliphatic carbocycles. The number of methoxy groups -OCH3 is 1. The van der Waals surface area contributed by atoms with Crippen molar-refractivity contribution >= 4 is 23.2 Å². The number of halogens is 1. The van der Waals surface area contributed by atoms with E-state index in [0.29, 0.717) is 41.0 Å². The van der Waals surface area contributed by atoms with E-state index in [1.54, 1.807) is 7.05 Å². The molecular weight excluding hydrogens is 420 g/mol. The lowest BCUT2D eigenvalue weighted by Crippen LogP contribution is -2.58. The number of aromatic nitrogens is 2.